The summed E-state index contributed by atoms with van der Waals surface area (Å²) in [5.41, 5.74) is 5.18. The van der Waals surface area contributed by atoms with E-state index in [1.807, 2.05) is 14.1 Å². The Hall–Kier alpha value is -0.700. The van der Waals surface area contributed by atoms with Gasteiger partial charge in [0.05, 0.1) is 6.61 Å². The maximum absolute atomic E-state index is 5.18. The van der Waals surface area contributed by atoms with Gasteiger partial charge < -0.3 is 15.4 Å². The van der Waals surface area contributed by atoms with Crippen molar-refractivity contribution in [2.45, 2.75) is 6.42 Å². The minimum Gasteiger partial charge on any atom is -0.480 e. The van der Waals surface area contributed by atoms with Crippen LogP contribution in [0.1, 0.15) is 6.42 Å². The highest BCUT2D eigenvalue weighted by molar-refractivity contribution is 4.70. The molecule has 3 heteroatoms. The standard InChI is InChI=1S/C7H16N2O/c1-7(8)10-6-4-5-9(2)3/h1,4-6,8H2,2-3H3. The number of rotatable bonds is 5. The molecule has 0 aliphatic carbocycles. The molecule has 0 heterocycles. The fourth-order valence-electron chi connectivity index (χ4n) is 0.584. The van der Waals surface area contributed by atoms with Crippen LogP contribution >= 0.6 is 0 Å². The Morgan fingerprint density at radius 2 is 2.20 bits per heavy atom. The van der Waals surface area contributed by atoms with E-state index >= 15 is 0 Å². The van der Waals surface area contributed by atoms with E-state index in [1.54, 1.807) is 0 Å². The molecule has 0 saturated heterocycles. The highest BCUT2D eigenvalue weighted by Crippen LogP contribution is 1.87. The minimum atomic E-state index is 0.304. The van der Waals surface area contributed by atoms with Crippen molar-refractivity contribution in [3.63, 3.8) is 0 Å². The van der Waals surface area contributed by atoms with E-state index in [2.05, 4.69) is 11.5 Å². The van der Waals surface area contributed by atoms with Gasteiger partial charge in [-0.2, -0.15) is 0 Å². The molecule has 0 radical (unpaired) electrons. The molecule has 0 saturated carbocycles. The van der Waals surface area contributed by atoms with Crippen molar-refractivity contribution in [3.8, 4) is 0 Å². The first-order valence-corrected chi connectivity index (χ1v) is 3.35. The Balaban J connectivity index is 2.98. The molecular formula is C7H16N2O. The predicted octanol–water partition coefficient (Wildman–Crippen LogP) is 0.385. The third-order valence-electron chi connectivity index (χ3n) is 1.04. The summed E-state index contributed by atoms with van der Waals surface area (Å²) < 4.78 is 4.95. The van der Waals surface area contributed by atoms with Crippen LogP contribution < -0.4 is 5.73 Å². The molecule has 0 aromatic rings. The molecule has 0 amide bonds. The van der Waals surface area contributed by atoms with Crippen LogP contribution in [0.5, 0.6) is 0 Å². The normalized spacial score (nSPS) is 9.90. The van der Waals surface area contributed by atoms with Crippen LogP contribution in [0.4, 0.5) is 0 Å². The van der Waals surface area contributed by atoms with Crippen molar-refractivity contribution in [2.75, 3.05) is 27.2 Å². The van der Waals surface area contributed by atoms with Gasteiger partial charge in [-0.25, -0.2) is 0 Å². The van der Waals surface area contributed by atoms with Crippen molar-refractivity contribution in [1.29, 1.82) is 0 Å². The molecule has 0 spiro atoms. The highest BCUT2D eigenvalue weighted by atomic mass is 16.5. The fourth-order valence-corrected chi connectivity index (χ4v) is 0.584. The van der Waals surface area contributed by atoms with Gasteiger partial charge in [-0.1, -0.05) is 0 Å². The monoisotopic (exact) mass is 144 g/mol. The molecule has 0 aliphatic heterocycles. The summed E-state index contributed by atoms with van der Waals surface area (Å²) in [7, 11) is 4.05. The molecule has 3 nitrogen and oxygen atoms in total. The molecule has 0 aliphatic rings. The van der Waals surface area contributed by atoms with Gasteiger partial charge >= 0.3 is 0 Å². The molecular weight excluding hydrogens is 128 g/mol. The van der Waals surface area contributed by atoms with Crippen molar-refractivity contribution < 1.29 is 4.74 Å². The van der Waals surface area contributed by atoms with Crippen molar-refractivity contribution >= 4 is 0 Å². The largest absolute Gasteiger partial charge is 0.480 e. The summed E-state index contributed by atoms with van der Waals surface area (Å²) in [5.74, 6) is 0.304. The molecule has 0 fully saturated rings. The van der Waals surface area contributed by atoms with E-state index in [0.29, 0.717) is 12.5 Å². The zero-order valence-electron chi connectivity index (χ0n) is 6.76. The third-order valence-corrected chi connectivity index (χ3v) is 1.04. The lowest BCUT2D eigenvalue weighted by atomic mass is 10.4. The third kappa shape index (κ3) is 7.30. The fraction of sp³-hybridized carbons (Fsp3) is 0.714. The van der Waals surface area contributed by atoms with Crippen LogP contribution in [0.25, 0.3) is 0 Å². The van der Waals surface area contributed by atoms with Crippen LogP contribution in [-0.2, 0) is 4.74 Å². The Bertz CT molecular complexity index is 102. The van der Waals surface area contributed by atoms with Gasteiger partial charge in [-0.3, -0.25) is 0 Å². The molecule has 0 aromatic heterocycles. The molecule has 0 aromatic carbocycles. The van der Waals surface area contributed by atoms with Gasteiger partial charge in [0.25, 0.3) is 0 Å². The second-order valence-corrected chi connectivity index (χ2v) is 2.47. The van der Waals surface area contributed by atoms with E-state index in [4.69, 9.17) is 10.5 Å². The maximum atomic E-state index is 5.18. The van der Waals surface area contributed by atoms with Crippen molar-refractivity contribution in [3.05, 3.63) is 12.5 Å². The summed E-state index contributed by atoms with van der Waals surface area (Å²) in [5, 5.41) is 0. The smallest absolute Gasteiger partial charge is 0.176 e. The van der Waals surface area contributed by atoms with Crippen LogP contribution in [0.2, 0.25) is 0 Å². The molecule has 0 atom stereocenters. The maximum Gasteiger partial charge on any atom is 0.176 e. The van der Waals surface area contributed by atoms with E-state index in [1.165, 1.54) is 0 Å². The Kier molecular flexibility index (Phi) is 4.76. The Morgan fingerprint density at radius 3 is 2.60 bits per heavy atom. The summed E-state index contributed by atoms with van der Waals surface area (Å²) in [6, 6.07) is 0. The molecule has 60 valence electrons. The minimum absolute atomic E-state index is 0.304. The number of hydrogen-bond acceptors (Lipinski definition) is 3. The lowest BCUT2D eigenvalue weighted by molar-refractivity contribution is 0.195. The van der Waals surface area contributed by atoms with E-state index in [0.717, 1.165) is 13.0 Å². The van der Waals surface area contributed by atoms with Crippen molar-refractivity contribution in [1.82, 2.24) is 4.90 Å². The van der Waals surface area contributed by atoms with Crippen LogP contribution in [0, 0.1) is 0 Å². The quantitative estimate of drug-likeness (QED) is 0.448. The van der Waals surface area contributed by atoms with Crippen LogP contribution in [0.3, 0.4) is 0 Å². The molecule has 0 unspecified atom stereocenters. The topological polar surface area (TPSA) is 38.5 Å². The highest BCUT2D eigenvalue weighted by Gasteiger charge is 1.90. The van der Waals surface area contributed by atoms with Gasteiger partial charge in [0.15, 0.2) is 5.88 Å². The van der Waals surface area contributed by atoms with Gasteiger partial charge in [-0.05, 0) is 27.1 Å². The van der Waals surface area contributed by atoms with E-state index < -0.39 is 0 Å². The summed E-state index contributed by atoms with van der Waals surface area (Å²) in [4.78, 5) is 2.10. The van der Waals surface area contributed by atoms with Gasteiger partial charge in [0.2, 0.25) is 0 Å². The number of nitrogens with two attached hydrogens (primary N) is 1. The molecule has 10 heavy (non-hydrogen) atoms. The van der Waals surface area contributed by atoms with Gasteiger partial charge in [0.1, 0.15) is 0 Å². The second-order valence-electron chi connectivity index (χ2n) is 2.47. The Labute approximate surface area is 62.5 Å². The first kappa shape index (κ1) is 9.30. The number of ether oxygens (including phenoxy) is 1. The lowest BCUT2D eigenvalue weighted by Crippen LogP contribution is -2.15. The first-order chi connectivity index (χ1) is 4.63. The first-order valence-electron chi connectivity index (χ1n) is 3.35. The lowest BCUT2D eigenvalue weighted by Gasteiger charge is -2.09. The van der Waals surface area contributed by atoms with E-state index in [9.17, 15) is 0 Å². The summed E-state index contributed by atoms with van der Waals surface area (Å²) in [6.07, 6.45) is 0.989. The molecule has 0 rings (SSSR count). The van der Waals surface area contributed by atoms with E-state index in [-0.39, 0.29) is 0 Å². The van der Waals surface area contributed by atoms with Gasteiger partial charge in [0, 0.05) is 6.54 Å². The second kappa shape index (κ2) is 5.11. The van der Waals surface area contributed by atoms with Gasteiger partial charge in [-0.15, -0.1) is 0 Å². The van der Waals surface area contributed by atoms with Crippen LogP contribution in [-0.4, -0.2) is 32.1 Å². The predicted molar refractivity (Wildman–Crippen MR) is 42.5 cm³/mol. The van der Waals surface area contributed by atoms with Crippen molar-refractivity contribution in [2.24, 2.45) is 5.73 Å². The zero-order chi connectivity index (χ0) is 7.98. The average molecular weight is 144 g/mol. The Morgan fingerprint density at radius 1 is 1.60 bits per heavy atom. The molecule has 0 bridgehead atoms. The number of hydrogen-bond donors (Lipinski definition) is 1. The average Bonchev–Trinajstić information content (AvgIpc) is 1.79. The van der Waals surface area contributed by atoms with Crippen LogP contribution in [0.15, 0.2) is 12.5 Å². The SMILES string of the molecule is C=C(N)OCCCN(C)C. The summed E-state index contributed by atoms with van der Waals surface area (Å²) >= 11 is 0. The number of nitrogens with zero attached hydrogens (tertiary/aromatic N) is 1. The zero-order valence-corrected chi connectivity index (χ0v) is 6.76. The summed E-state index contributed by atoms with van der Waals surface area (Å²) in [6.45, 7) is 5.10. The molecule has 2 N–H and O–H groups in total.